The van der Waals surface area contributed by atoms with E-state index in [2.05, 4.69) is 50.4 Å². The summed E-state index contributed by atoms with van der Waals surface area (Å²) < 4.78 is 4.79. The maximum Gasteiger partial charge on any atom is 0.330 e. The molecule has 0 heterocycles. The van der Waals surface area contributed by atoms with Gasteiger partial charge in [0.15, 0.2) is 0 Å². The van der Waals surface area contributed by atoms with E-state index in [0.717, 1.165) is 5.69 Å². The molecule has 0 spiro atoms. The van der Waals surface area contributed by atoms with E-state index in [1.165, 1.54) is 11.6 Å². The molecule has 3 nitrogen and oxygen atoms in total. The fourth-order valence-corrected chi connectivity index (χ4v) is 1.61. The van der Waals surface area contributed by atoms with Crippen molar-refractivity contribution >= 4 is 11.7 Å². The monoisotopic (exact) mass is 261 g/mol. The van der Waals surface area contributed by atoms with E-state index in [-0.39, 0.29) is 11.4 Å². The van der Waals surface area contributed by atoms with Crippen LogP contribution in [0.5, 0.6) is 0 Å². The van der Waals surface area contributed by atoms with Gasteiger partial charge in [0.1, 0.15) is 0 Å². The van der Waals surface area contributed by atoms with Crippen molar-refractivity contribution in [3.8, 4) is 0 Å². The van der Waals surface area contributed by atoms with Crippen molar-refractivity contribution in [3.63, 3.8) is 0 Å². The van der Waals surface area contributed by atoms with Crippen LogP contribution in [0.15, 0.2) is 36.4 Å². The first-order valence-corrected chi connectivity index (χ1v) is 6.61. The third-order valence-corrected chi connectivity index (χ3v) is 2.72. The van der Waals surface area contributed by atoms with Gasteiger partial charge in [-0.3, -0.25) is 0 Å². The Morgan fingerprint density at radius 2 is 1.89 bits per heavy atom. The SMILES string of the molecule is CCOC(=O)/C=C/CNc1ccc(C(C)(C)C)cc1. The van der Waals surface area contributed by atoms with Gasteiger partial charge in [0, 0.05) is 18.3 Å². The van der Waals surface area contributed by atoms with Crippen LogP contribution in [-0.4, -0.2) is 19.1 Å². The number of benzene rings is 1. The fourth-order valence-electron chi connectivity index (χ4n) is 1.61. The predicted molar refractivity (Wildman–Crippen MR) is 79.4 cm³/mol. The average molecular weight is 261 g/mol. The van der Waals surface area contributed by atoms with Crippen LogP contribution in [0.1, 0.15) is 33.3 Å². The van der Waals surface area contributed by atoms with Crippen LogP contribution in [-0.2, 0) is 14.9 Å². The lowest BCUT2D eigenvalue weighted by molar-refractivity contribution is -0.137. The summed E-state index contributed by atoms with van der Waals surface area (Å²) in [6.07, 6.45) is 3.20. The second kappa shape index (κ2) is 6.98. The molecule has 0 aliphatic rings. The van der Waals surface area contributed by atoms with Gasteiger partial charge < -0.3 is 10.1 Å². The Balaban J connectivity index is 2.44. The number of carbonyl (C=O) groups excluding carboxylic acids is 1. The average Bonchev–Trinajstić information content (AvgIpc) is 2.34. The minimum Gasteiger partial charge on any atom is -0.463 e. The molecule has 0 aliphatic heterocycles. The second-order valence-corrected chi connectivity index (χ2v) is 5.36. The standard InChI is InChI=1S/C16H23NO2/c1-5-19-15(18)7-6-12-17-14-10-8-13(9-11-14)16(2,3)4/h6-11,17H,5,12H2,1-4H3/b7-6+. The molecule has 0 saturated heterocycles. The molecular formula is C16H23NO2. The Bertz CT molecular complexity index is 427. The number of hydrogen-bond acceptors (Lipinski definition) is 3. The Hall–Kier alpha value is -1.77. The van der Waals surface area contributed by atoms with Crippen molar-refractivity contribution in [2.24, 2.45) is 0 Å². The van der Waals surface area contributed by atoms with Crippen LogP contribution < -0.4 is 5.32 Å². The zero-order chi connectivity index (χ0) is 14.3. The lowest BCUT2D eigenvalue weighted by Gasteiger charge is -2.19. The molecule has 1 N–H and O–H groups in total. The number of rotatable bonds is 5. The number of esters is 1. The molecule has 0 unspecified atom stereocenters. The molecule has 1 aromatic carbocycles. The maximum absolute atomic E-state index is 11.1. The second-order valence-electron chi connectivity index (χ2n) is 5.36. The van der Waals surface area contributed by atoms with Gasteiger partial charge in [-0.2, -0.15) is 0 Å². The first kappa shape index (κ1) is 15.3. The van der Waals surface area contributed by atoms with Gasteiger partial charge in [-0.15, -0.1) is 0 Å². The minimum absolute atomic E-state index is 0.169. The Morgan fingerprint density at radius 1 is 1.26 bits per heavy atom. The van der Waals surface area contributed by atoms with Gasteiger partial charge in [0.2, 0.25) is 0 Å². The topological polar surface area (TPSA) is 38.3 Å². The number of nitrogens with one attached hydrogen (secondary N) is 1. The highest BCUT2D eigenvalue weighted by atomic mass is 16.5. The summed E-state index contributed by atoms with van der Waals surface area (Å²) >= 11 is 0. The van der Waals surface area contributed by atoms with Crippen LogP contribution in [0.4, 0.5) is 5.69 Å². The molecule has 1 aromatic rings. The zero-order valence-electron chi connectivity index (χ0n) is 12.2. The fraction of sp³-hybridized carbons (Fsp3) is 0.438. The van der Waals surface area contributed by atoms with E-state index < -0.39 is 0 Å². The van der Waals surface area contributed by atoms with Crippen molar-refractivity contribution < 1.29 is 9.53 Å². The molecule has 3 heteroatoms. The normalized spacial score (nSPS) is 11.6. The minimum atomic E-state index is -0.299. The smallest absolute Gasteiger partial charge is 0.330 e. The van der Waals surface area contributed by atoms with Gasteiger partial charge >= 0.3 is 5.97 Å². The molecule has 0 amide bonds. The van der Waals surface area contributed by atoms with Crippen molar-refractivity contribution in [1.29, 1.82) is 0 Å². The van der Waals surface area contributed by atoms with E-state index >= 15 is 0 Å². The lowest BCUT2D eigenvalue weighted by atomic mass is 9.87. The molecule has 19 heavy (non-hydrogen) atoms. The van der Waals surface area contributed by atoms with Gasteiger partial charge in [0.05, 0.1) is 6.61 Å². The number of carbonyl (C=O) groups is 1. The van der Waals surface area contributed by atoms with Crippen LogP contribution in [0.3, 0.4) is 0 Å². The van der Waals surface area contributed by atoms with E-state index in [1.54, 1.807) is 13.0 Å². The van der Waals surface area contributed by atoms with Crippen molar-refractivity contribution in [1.82, 2.24) is 0 Å². The van der Waals surface area contributed by atoms with Gasteiger partial charge in [-0.05, 0) is 30.0 Å². The molecule has 1 rings (SSSR count). The summed E-state index contributed by atoms with van der Waals surface area (Å²) in [5.74, 6) is -0.299. The number of ether oxygens (including phenoxy) is 1. The summed E-state index contributed by atoms with van der Waals surface area (Å²) in [6.45, 7) is 9.38. The van der Waals surface area contributed by atoms with Crippen molar-refractivity contribution in [3.05, 3.63) is 42.0 Å². The molecule has 0 aliphatic carbocycles. The maximum atomic E-state index is 11.1. The van der Waals surface area contributed by atoms with Crippen LogP contribution in [0.25, 0.3) is 0 Å². The molecule has 0 bridgehead atoms. The predicted octanol–water partition coefficient (Wildman–Crippen LogP) is 3.52. The van der Waals surface area contributed by atoms with Gasteiger partial charge in [-0.1, -0.05) is 39.0 Å². The van der Waals surface area contributed by atoms with E-state index in [9.17, 15) is 4.79 Å². The zero-order valence-corrected chi connectivity index (χ0v) is 12.2. The lowest BCUT2D eigenvalue weighted by Crippen LogP contribution is -2.10. The van der Waals surface area contributed by atoms with Crippen LogP contribution >= 0.6 is 0 Å². The first-order chi connectivity index (χ1) is 8.93. The molecule has 0 radical (unpaired) electrons. The Labute approximate surface area is 115 Å². The highest BCUT2D eigenvalue weighted by molar-refractivity contribution is 5.81. The Kier molecular flexibility index (Phi) is 5.61. The van der Waals surface area contributed by atoms with Crippen LogP contribution in [0, 0.1) is 0 Å². The molecular weight excluding hydrogens is 238 g/mol. The first-order valence-electron chi connectivity index (χ1n) is 6.61. The summed E-state index contributed by atoms with van der Waals surface area (Å²) in [6, 6.07) is 8.35. The molecule has 0 aromatic heterocycles. The third-order valence-electron chi connectivity index (χ3n) is 2.72. The summed E-state index contributed by atoms with van der Waals surface area (Å²) in [5, 5.41) is 3.23. The molecule has 0 atom stereocenters. The summed E-state index contributed by atoms with van der Waals surface area (Å²) in [7, 11) is 0. The van der Waals surface area contributed by atoms with Crippen LogP contribution in [0.2, 0.25) is 0 Å². The highest BCUT2D eigenvalue weighted by Crippen LogP contribution is 2.23. The van der Waals surface area contributed by atoms with Gasteiger partial charge in [0.25, 0.3) is 0 Å². The van der Waals surface area contributed by atoms with Crippen molar-refractivity contribution in [2.75, 3.05) is 18.5 Å². The van der Waals surface area contributed by atoms with Gasteiger partial charge in [-0.25, -0.2) is 4.79 Å². The quantitative estimate of drug-likeness (QED) is 0.651. The summed E-state index contributed by atoms with van der Waals surface area (Å²) in [4.78, 5) is 11.1. The highest BCUT2D eigenvalue weighted by Gasteiger charge is 2.12. The van der Waals surface area contributed by atoms with E-state index in [1.807, 2.05) is 0 Å². The Morgan fingerprint density at radius 3 is 2.42 bits per heavy atom. The molecule has 104 valence electrons. The van der Waals surface area contributed by atoms with E-state index in [0.29, 0.717) is 13.2 Å². The summed E-state index contributed by atoms with van der Waals surface area (Å²) in [5.41, 5.74) is 2.52. The largest absolute Gasteiger partial charge is 0.463 e. The number of anilines is 1. The molecule has 0 fully saturated rings. The number of hydrogen-bond donors (Lipinski definition) is 1. The van der Waals surface area contributed by atoms with E-state index in [4.69, 9.17) is 4.74 Å². The van der Waals surface area contributed by atoms with Crippen molar-refractivity contribution in [2.45, 2.75) is 33.1 Å². The third kappa shape index (κ3) is 5.60. The molecule has 0 saturated carbocycles.